The van der Waals surface area contributed by atoms with Gasteiger partial charge in [-0.1, -0.05) is 6.92 Å². The summed E-state index contributed by atoms with van der Waals surface area (Å²) in [6.07, 6.45) is 2.03. The van der Waals surface area contributed by atoms with Gasteiger partial charge in [0, 0.05) is 16.2 Å². The van der Waals surface area contributed by atoms with E-state index in [4.69, 9.17) is 0 Å². The Hall–Kier alpha value is -0.740. The number of hydrogen-bond acceptors (Lipinski definition) is 2. The van der Waals surface area contributed by atoms with E-state index in [9.17, 15) is 8.60 Å². The largest absolute Gasteiger partial charge is 0.317 e. The number of benzene rings is 1. The summed E-state index contributed by atoms with van der Waals surface area (Å²) < 4.78 is 25.2. The van der Waals surface area contributed by atoms with Gasteiger partial charge in [0.2, 0.25) is 0 Å². The van der Waals surface area contributed by atoms with Crippen LogP contribution in [0.1, 0.15) is 19.8 Å². The van der Waals surface area contributed by atoms with Crippen LogP contribution < -0.4 is 5.32 Å². The van der Waals surface area contributed by atoms with E-state index >= 15 is 0 Å². The molecule has 17 heavy (non-hydrogen) atoms. The van der Waals surface area contributed by atoms with E-state index in [1.807, 2.05) is 7.05 Å². The van der Waals surface area contributed by atoms with Crippen molar-refractivity contribution in [3.8, 4) is 0 Å². The first-order valence-corrected chi connectivity index (χ1v) is 7.18. The minimum absolute atomic E-state index is 0.179. The van der Waals surface area contributed by atoms with Crippen molar-refractivity contribution in [2.45, 2.75) is 36.0 Å². The van der Waals surface area contributed by atoms with Gasteiger partial charge < -0.3 is 5.32 Å². The van der Waals surface area contributed by atoms with Crippen molar-refractivity contribution in [1.82, 2.24) is 5.32 Å². The average molecular weight is 255 g/mol. The van der Waals surface area contributed by atoms with E-state index in [0.29, 0.717) is 12.0 Å². The molecule has 0 aromatic heterocycles. The highest BCUT2D eigenvalue weighted by Gasteiger charge is 2.35. The van der Waals surface area contributed by atoms with Crippen LogP contribution in [0.4, 0.5) is 4.39 Å². The highest BCUT2D eigenvalue weighted by molar-refractivity contribution is 7.85. The quantitative estimate of drug-likeness (QED) is 0.898. The third kappa shape index (κ3) is 2.58. The fourth-order valence-corrected chi connectivity index (χ4v) is 4.27. The van der Waals surface area contributed by atoms with Gasteiger partial charge in [-0.25, -0.2) is 4.39 Å². The third-order valence-electron chi connectivity index (χ3n) is 3.68. The molecule has 0 bridgehead atoms. The number of rotatable bonds is 3. The van der Waals surface area contributed by atoms with Crippen LogP contribution in [-0.2, 0) is 10.8 Å². The topological polar surface area (TPSA) is 29.1 Å². The molecule has 0 spiro atoms. The van der Waals surface area contributed by atoms with E-state index in [-0.39, 0.29) is 11.1 Å². The van der Waals surface area contributed by atoms with Crippen LogP contribution in [0.2, 0.25) is 0 Å². The Kier molecular flexibility index (Phi) is 3.94. The summed E-state index contributed by atoms with van der Waals surface area (Å²) in [6.45, 7) is 2.14. The van der Waals surface area contributed by atoms with E-state index in [0.717, 1.165) is 17.7 Å². The first kappa shape index (κ1) is 12.7. The second-order valence-electron chi connectivity index (χ2n) is 4.62. The molecule has 4 heteroatoms. The molecular formula is C13H18FNOS. The van der Waals surface area contributed by atoms with Gasteiger partial charge in [-0.05, 0) is 50.1 Å². The number of hydrogen-bond donors (Lipinski definition) is 1. The Bertz CT molecular complexity index is 406. The lowest BCUT2D eigenvalue weighted by Crippen LogP contribution is -2.32. The fraction of sp³-hybridized carbons (Fsp3) is 0.538. The Labute approximate surface area is 104 Å². The highest BCUT2D eigenvalue weighted by Crippen LogP contribution is 2.32. The van der Waals surface area contributed by atoms with Crippen LogP contribution in [0.25, 0.3) is 0 Å². The van der Waals surface area contributed by atoms with E-state index in [1.54, 1.807) is 12.1 Å². The SMILES string of the molecule is CNC1CCC(S(=O)c2ccc(F)cc2)C1C. The molecule has 1 N–H and O–H groups in total. The summed E-state index contributed by atoms with van der Waals surface area (Å²) in [4.78, 5) is 0.736. The van der Waals surface area contributed by atoms with Crippen molar-refractivity contribution in [3.63, 3.8) is 0 Å². The molecule has 1 aliphatic carbocycles. The van der Waals surface area contributed by atoms with Gasteiger partial charge in [0.25, 0.3) is 0 Å². The Balaban J connectivity index is 2.13. The van der Waals surface area contributed by atoms with Gasteiger partial charge in [-0.15, -0.1) is 0 Å². The summed E-state index contributed by atoms with van der Waals surface area (Å²) in [5.41, 5.74) is 0. The van der Waals surface area contributed by atoms with Crippen LogP contribution >= 0.6 is 0 Å². The zero-order chi connectivity index (χ0) is 12.4. The van der Waals surface area contributed by atoms with Crippen LogP contribution in [0.3, 0.4) is 0 Å². The molecule has 4 unspecified atom stereocenters. The molecule has 1 fully saturated rings. The molecule has 0 amide bonds. The molecule has 0 heterocycles. The molecule has 1 saturated carbocycles. The minimum atomic E-state index is -1.03. The maximum Gasteiger partial charge on any atom is 0.123 e. The summed E-state index contributed by atoms with van der Waals surface area (Å²) in [5, 5.41) is 3.44. The van der Waals surface area contributed by atoms with Crippen molar-refractivity contribution in [3.05, 3.63) is 30.1 Å². The van der Waals surface area contributed by atoms with Gasteiger partial charge in [-0.3, -0.25) is 4.21 Å². The fourth-order valence-electron chi connectivity index (χ4n) is 2.58. The molecule has 1 aromatic rings. The second-order valence-corrected chi connectivity index (χ2v) is 6.29. The van der Waals surface area contributed by atoms with E-state index in [2.05, 4.69) is 12.2 Å². The summed E-state index contributed by atoms with van der Waals surface area (Å²) >= 11 is 0. The van der Waals surface area contributed by atoms with Gasteiger partial charge in [0.05, 0.1) is 10.8 Å². The van der Waals surface area contributed by atoms with Crippen LogP contribution in [-0.4, -0.2) is 22.5 Å². The summed E-state index contributed by atoms with van der Waals surface area (Å²) in [5.74, 6) is 0.115. The van der Waals surface area contributed by atoms with Gasteiger partial charge >= 0.3 is 0 Å². The zero-order valence-corrected chi connectivity index (χ0v) is 11.0. The molecule has 0 saturated heterocycles. The maximum atomic E-state index is 12.8. The van der Waals surface area contributed by atoms with Crippen molar-refractivity contribution in [1.29, 1.82) is 0 Å². The number of nitrogens with one attached hydrogen (secondary N) is 1. The molecule has 0 aliphatic heterocycles. The van der Waals surface area contributed by atoms with Gasteiger partial charge in [-0.2, -0.15) is 0 Å². The average Bonchev–Trinajstić information content (AvgIpc) is 2.70. The lowest BCUT2D eigenvalue weighted by molar-refractivity contribution is 0.460. The van der Waals surface area contributed by atoms with Crippen molar-refractivity contribution >= 4 is 10.8 Å². The van der Waals surface area contributed by atoms with Crippen molar-refractivity contribution in [2.24, 2.45) is 5.92 Å². The van der Waals surface area contributed by atoms with Gasteiger partial charge in [0.1, 0.15) is 5.82 Å². The third-order valence-corrected chi connectivity index (χ3v) is 5.63. The summed E-state index contributed by atoms with van der Waals surface area (Å²) in [6, 6.07) is 6.46. The molecular weight excluding hydrogens is 237 g/mol. The smallest absolute Gasteiger partial charge is 0.123 e. The molecule has 1 aliphatic rings. The van der Waals surface area contributed by atoms with Crippen molar-refractivity contribution in [2.75, 3.05) is 7.05 Å². The van der Waals surface area contributed by atoms with Crippen LogP contribution in [0.15, 0.2) is 29.2 Å². The molecule has 94 valence electrons. The second kappa shape index (κ2) is 5.27. The standard InChI is InChI=1S/C13H18FNOS/c1-9-12(15-2)7-8-13(9)17(16)11-5-3-10(14)4-6-11/h3-6,9,12-13,15H,7-8H2,1-2H3. The Morgan fingerprint density at radius 1 is 1.29 bits per heavy atom. The predicted molar refractivity (Wildman–Crippen MR) is 67.8 cm³/mol. The van der Waals surface area contributed by atoms with Crippen LogP contribution in [0, 0.1) is 11.7 Å². The maximum absolute atomic E-state index is 12.8. The predicted octanol–water partition coefficient (Wildman–Crippen LogP) is 2.32. The van der Waals surface area contributed by atoms with Crippen molar-refractivity contribution < 1.29 is 8.60 Å². The molecule has 2 nitrogen and oxygen atoms in total. The lowest BCUT2D eigenvalue weighted by Gasteiger charge is -2.19. The Morgan fingerprint density at radius 3 is 2.47 bits per heavy atom. The monoisotopic (exact) mass is 255 g/mol. The highest BCUT2D eigenvalue weighted by atomic mass is 32.2. The van der Waals surface area contributed by atoms with Crippen LogP contribution in [0.5, 0.6) is 0 Å². The lowest BCUT2D eigenvalue weighted by atomic mass is 10.1. The molecule has 0 radical (unpaired) electrons. The van der Waals surface area contributed by atoms with E-state index in [1.165, 1.54) is 12.1 Å². The molecule has 2 rings (SSSR count). The van der Waals surface area contributed by atoms with Gasteiger partial charge in [0.15, 0.2) is 0 Å². The normalized spacial score (nSPS) is 30.4. The minimum Gasteiger partial charge on any atom is -0.317 e. The molecule has 4 atom stereocenters. The number of halogens is 1. The zero-order valence-electron chi connectivity index (χ0n) is 10.2. The molecule has 1 aromatic carbocycles. The first-order valence-electron chi connectivity index (χ1n) is 5.97. The van der Waals surface area contributed by atoms with E-state index < -0.39 is 10.8 Å². The first-order chi connectivity index (χ1) is 8.13. The summed E-state index contributed by atoms with van der Waals surface area (Å²) in [7, 11) is 0.923. The Morgan fingerprint density at radius 2 is 1.94 bits per heavy atom.